The number of benzene rings is 1. The zero-order valence-corrected chi connectivity index (χ0v) is 12.7. The van der Waals surface area contributed by atoms with Gasteiger partial charge in [-0.25, -0.2) is 4.79 Å². The number of carbonyl (C=O) groups is 1. The van der Waals surface area contributed by atoms with E-state index in [1.165, 1.54) is 0 Å². The first-order chi connectivity index (χ1) is 8.30. The van der Waals surface area contributed by atoms with Crippen molar-refractivity contribution in [2.75, 3.05) is 0 Å². The van der Waals surface area contributed by atoms with Gasteiger partial charge in [0.1, 0.15) is 0 Å². The van der Waals surface area contributed by atoms with Crippen LogP contribution in [-0.4, -0.2) is 11.1 Å². The molecule has 0 aliphatic heterocycles. The molecule has 0 saturated heterocycles. The molecule has 17 heavy (non-hydrogen) atoms. The van der Waals surface area contributed by atoms with E-state index in [9.17, 15) is 4.79 Å². The molecule has 2 heteroatoms. The Morgan fingerprint density at radius 1 is 0.765 bits per heavy atom. The van der Waals surface area contributed by atoms with Crippen LogP contribution in [0.5, 0.6) is 0 Å². The fraction of sp³-hybridized carbons (Fsp3) is 0.533. The van der Waals surface area contributed by atoms with Crippen LogP contribution in [0.2, 0.25) is 0 Å². The van der Waals surface area contributed by atoms with Gasteiger partial charge >= 0.3 is 5.97 Å². The summed E-state index contributed by atoms with van der Waals surface area (Å²) in [6, 6.07) is 8.30. The Morgan fingerprint density at radius 3 is 1.24 bits per heavy atom. The molecule has 1 aromatic carbocycles. The Labute approximate surface area is 108 Å². The number of aromatic carboxylic acids is 1. The summed E-state index contributed by atoms with van der Waals surface area (Å²) >= 11 is 0. The van der Waals surface area contributed by atoms with Crippen LogP contribution in [0.4, 0.5) is 0 Å². The Morgan fingerprint density at radius 2 is 1.06 bits per heavy atom. The minimum Gasteiger partial charge on any atom is -0.478 e. The standard InChI is InChI=1S/C7H6O2.4C2H6/c8-7(9)6-4-2-1-3-5-6;4*1-2/h1-5H,(H,8,9);4*1-2H3. The molecule has 0 bridgehead atoms. The molecule has 0 aromatic heterocycles. The summed E-state index contributed by atoms with van der Waals surface area (Å²) in [4.78, 5) is 10.2. The van der Waals surface area contributed by atoms with Crippen LogP contribution in [0.15, 0.2) is 30.3 Å². The molecule has 0 radical (unpaired) electrons. The highest BCUT2D eigenvalue weighted by Gasteiger charge is 1.96. The van der Waals surface area contributed by atoms with E-state index in [4.69, 9.17) is 5.11 Å². The van der Waals surface area contributed by atoms with Crippen LogP contribution in [0, 0.1) is 0 Å². The minimum atomic E-state index is -0.879. The van der Waals surface area contributed by atoms with Crippen LogP contribution in [0.1, 0.15) is 65.7 Å². The molecular weight excluding hydrogens is 212 g/mol. The van der Waals surface area contributed by atoms with E-state index < -0.39 is 5.97 Å². The second-order valence-electron chi connectivity index (χ2n) is 1.67. The van der Waals surface area contributed by atoms with Crippen molar-refractivity contribution in [1.29, 1.82) is 0 Å². The maximum atomic E-state index is 10.2. The lowest BCUT2D eigenvalue weighted by Gasteiger charge is -1.88. The first-order valence-corrected chi connectivity index (χ1v) is 6.59. The van der Waals surface area contributed by atoms with Gasteiger partial charge in [0.05, 0.1) is 5.56 Å². The van der Waals surface area contributed by atoms with E-state index in [1.54, 1.807) is 30.3 Å². The number of rotatable bonds is 1. The summed E-state index contributed by atoms with van der Waals surface area (Å²) < 4.78 is 0. The van der Waals surface area contributed by atoms with Gasteiger partial charge in [-0.05, 0) is 12.1 Å². The molecule has 1 N–H and O–H groups in total. The first kappa shape index (κ1) is 24.8. The molecule has 0 saturated carbocycles. The molecule has 0 fully saturated rings. The lowest BCUT2D eigenvalue weighted by molar-refractivity contribution is 0.0697. The van der Waals surface area contributed by atoms with Crippen molar-refractivity contribution in [1.82, 2.24) is 0 Å². The molecule has 0 aliphatic carbocycles. The molecule has 0 heterocycles. The SMILES string of the molecule is CC.CC.CC.CC.O=C(O)c1ccccc1. The number of carboxylic acids is 1. The normalized spacial score (nSPS) is 6.12. The summed E-state index contributed by atoms with van der Waals surface area (Å²) in [6.07, 6.45) is 0. The van der Waals surface area contributed by atoms with Gasteiger partial charge in [0.2, 0.25) is 0 Å². The van der Waals surface area contributed by atoms with E-state index in [-0.39, 0.29) is 0 Å². The summed E-state index contributed by atoms with van der Waals surface area (Å²) in [5.41, 5.74) is 0.331. The van der Waals surface area contributed by atoms with E-state index >= 15 is 0 Å². The predicted molar refractivity (Wildman–Crippen MR) is 78.8 cm³/mol. The Kier molecular flexibility index (Phi) is 42.7. The third kappa shape index (κ3) is 20.7. The molecule has 0 unspecified atom stereocenters. The Hall–Kier alpha value is -1.31. The van der Waals surface area contributed by atoms with Crippen molar-refractivity contribution >= 4 is 5.97 Å². The summed E-state index contributed by atoms with van der Waals surface area (Å²) in [5.74, 6) is -0.879. The lowest BCUT2D eigenvalue weighted by Crippen LogP contribution is -1.93. The van der Waals surface area contributed by atoms with E-state index in [0.29, 0.717) is 5.56 Å². The molecule has 0 spiro atoms. The fourth-order valence-corrected chi connectivity index (χ4v) is 0.581. The van der Waals surface area contributed by atoms with Crippen LogP contribution < -0.4 is 0 Å². The van der Waals surface area contributed by atoms with Gasteiger partial charge in [0.25, 0.3) is 0 Å². The number of hydrogen-bond donors (Lipinski definition) is 1. The fourth-order valence-electron chi connectivity index (χ4n) is 0.581. The highest BCUT2D eigenvalue weighted by atomic mass is 16.4. The van der Waals surface area contributed by atoms with Gasteiger partial charge in [-0.3, -0.25) is 0 Å². The highest BCUT2D eigenvalue weighted by Crippen LogP contribution is 1.96. The van der Waals surface area contributed by atoms with Crippen molar-refractivity contribution in [3.8, 4) is 0 Å². The maximum absolute atomic E-state index is 10.2. The van der Waals surface area contributed by atoms with E-state index in [2.05, 4.69) is 0 Å². The molecule has 1 rings (SSSR count). The van der Waals surface area contributed by atoms with Gasteiger partial charge in [-0.15, -0.1) is 0 Å². The first-order valence-electron chi connectivity index (χ1n) is 6.59. The van der Waals surface area contributed by atoms with Crippen LogP contribution >= 0.6 is 0 Å². The topological polar surface area (TPSA) is 37.3 Å². The molecule has 0 atom stereocenters. The molecule has 0 aliphatic rings. The lowest BCUT2D eigenvalue weighted by atomic mass is 10.2. The number of hydrogen-bond acceptors (Lipinski definition) is 1. The van der Waals surface area contributed by atoms with Gasteiger partial charge in [0.15, 0.2) is 0 Å². The third-order valence-electron chi connectivity index (χ3n) is 1.02. The summed E-state index contributed by atoms with van der Waals surface area (Å²) in [5, 5.41) is 8.38. The zero-order valence-electron chi connectivity index (χ0n) is 12.7. The second-order valence-corrected chi connectivity index (χ2v) is 1.67. The molecular formula is C15H30O2. The Balaban J connectivity index is -0.0000000905. The third-order valence-corrected chi connectivity index (χ3v) is 1.02. The second kappa shape index (κ2) is 29.3. The van der Waals surface area contributed by atoms with Gasteiger partial charge in [-0.1, -0.05) is 73.6 Å². The smallest absolute Gasteiger partial charge is 0.335 e. The van der Waals surface area contributed by atoms with Crippen molar-refractivity contribution < 1.29 is 9.90 Å². The summed E-state index contributed by atoms with van der Waals surface area (Å²) in [6.45, 7) is 16.0. The van der Waals surface area contributed by atoms with Crippen molar-refractivity contribution in [3.05, 3.63) is 35.9 Å². The van der Waals surface area contributed by atoms with Crippen molar-refractivity contribution in [2.24, 2.45) is 0 Å². The van der Waals surface area contributed by atoms with Gasteiger partial charge in [0, 0.05) is 0 Å². The molecule has 102 valence electrons. The average molecular weight is 242 g/mol. The largest absolute Gasteiger partial charge is 0.478 e. The highest BCUT2D eigenvalue weighted by molar-refractivity contribution is 5.87. The maximum Gasteiger partial charge on any atom is 0.335 e. The predicted octanol–water partition coefficient (Wildman–Crippen LogP) is 5.49. The van der Waals surface area contributed by atoms with Crippen LogP contribution in [0.25, 0.3) is 0 Å². The van der Waals surface area contributed by atoms with Crippen LogP contribution in [0.3, 0.4) is 0 Å². The van der Waals surface area contributed by atoms with Gasteiger partial charge in [-0.2, -0.15) is 0 Å². The quantitative estimate of drug-likeness (QED) is 0.707. The molecule has 1 aromatic rings. The average Bonchev–Trinajstić information content (AvgIpc) is 2.48. The van der Waals surface area contributed by atoms with Crippen LogP contribution in [-0.2, 0) is 0 Å². The summed E-state index contributed by atoms with van der Waals surface area (Å²) in [7, 11) is 0. The van der Waals surface area contributed by atoms with Crippen molar-refractivity contribution in [2.45, 2.75) is 55.4 Å². The molecule has 2 nitrogen and oxygen atoms in total. The monoisotopic (exact) mass is 242 g/mol. The van der Waals surface area contributed by atoms with Crippen molar-refractivity contribution in [3.63, 3.8) is 0 Å². The zero-order chi connectivity index (χ0) is 14.7. The van der Waals surface area contributed by atoms with E-state index in [0.717, 1.165) is 0 Å². The van der Waals surface area contributed by atoms with Gasteiger partial charge < -0.3 is 5.11 Å². The minimum absolute atomic E-state index is 0.331. The Bertz CT molecular complexity index is 205. The van der Waals surface area contributed by atoms with E-state index in [1.807, 2.05) is 55.4 Å². The molecule has 0 amide bonds. The number of carboxylic acid groups (broad SMARTS) is 1.